The molecular formula is C16H17N3O2S. The molecule has 0 bridgehead atoms. The van der Waals surface area contributed by atoms with Gasteiger partial charge in [0.2, 0.25) is 11.8 Å². The van der Waals surface area contributed by atoms with Crippen LogP contribution >= 0.6 is 11.8 Å². The highest BCUT2D eigenvalue weighted by Gasteiger charge is 2.22. The zero-order valence-corrected chi connectivity index (χ0v) is 13.0. The average Bonchev–Trinajstić information content (AvgIpc) is 3.15. The number of likely N-dealkylation sites (tertiary alicyclic amines) is 1. The van der Waals surface area contributed by atoms with Gasteiger partial charge in [-0.15, -0.1) is 10.2 Å². The Balaban J connectivity index is 1.47. The van der Waals surface area contributed by atoms with E-state index in [9.17, 15) is 4.79 Å². The van der Waals surface area contributed by atoms with Crippen LogP contribution in [0.25, 0.3) is 6.08 Å². The first-order valence-electron chi connectivity index (χ1n) is 7.26. The lowest BCUT2D eigenvalue weighted by molar-refractivity contribution is -0.128. The molecule has 0 N–H and O–H groups in total. The quantitative estimate of drug-likeness (QED) is 0.767. The fraction of sp³-hybridized carbons (Fsp3) is 0.312. The molecule has 1 fully saturated rings. The smallest absolute Gasteiger partial charge is 0.276 e. The van der Waals surface area contributed by atoms with Gasteiger partial charge in [-0.2, -0.15) is 0 Å². The van der Waals surface area contributed by atoms with Crippen LogP contribution in [0.5, 0.6) is 0 Å². The molecule has 1 aliphatic heterocycles. The van der Waals surface area contributed by atoms with Gasteiger partial charge < -0.3 is 9.32 Å². The van der Waals surface area contributed by atoms with Gasteiger partial charge in [0, 0.05) is 18.7 Å². The van der Waals surface area contributed by atoms with Crippen molar-refractivity contribution in [2.75, 3.05) is 12.3 Å². The van der Waals surface area contributed by atoms with Gasteiger partial charge >= 0.3 is 0 Å². The van der Waals surface area contributed by atoms with Gasteiger partial charge in [0.15, 0.2) is 0 Å². The van der Waals surface area contributed by atoms with Crippen LogP contribution in [0, 0.1) is 0 Å². The number of hydrogen-bond acceptors (Lipinski definition) is 5. The minimum Gasteiger partial charge on any atom is -0.414 e. The number of thioether (sulfide) groups is 1. The van der Waals surface area contributed by atoms with Gasteiger partial charge in [0.25, 0.3) is 5.22 Å². The van der Waals surface area contributed by atoms with Crippen molar-refractivity contribution in [2.24, 2.45) is 0 Å². The summed E-state index contributed by atoms with van der Waals surface area (Å²) in [7, 11) is 0. The van der Waals surface area contributed by atoms with E-state index in [1.54, 1.807) is 4.90 Å². The maximum absolute atomic E-state index is 11.6. The molecule has 2 heterocycles. The van der Waals surface area contributed by atoms with E-state index in [4.69, 9.17) is 4.42 Å². The van der Waals surface area contributed by atoms with Gasteiger partial charge in [0.1, 0.15) is 0 Å². The second-order valence-electron chi connectivity index (χ2n) is 5.00. The van der Waals surface area contributed by atoms with Crippen LogP contribution in [0.4, 0.5) is 0 Å². The molecule has 1 amide bonds. The number of benzene rings is 1. The number of nitrogens with zero attached hydrogens (tertiary/aromatic N) is 3. The zero-order chi connectivity index (χ0) is 15.2. The number of rotatable bonds is 6. The monoisotopic (exact) mass is 315 g/mol. The van der Waals surface area contributed by atoms with Crippen LogP contribution in [0.2, 0.25) is 0 Å². The van der Waals surface area contributed by atoms with Crippen molar-refractivity contribution in [3.63, 3.8) is 0 Å². The van der Waals surface area contributed by atoms with Crippen LogP contribution in [-0.2, 0) is 11.3 Å². The van der Waals surface area contributed by atoms with E-state index in [0.717, 1.165) is 18.7 Å². The van der Waals surface area contributed by atoms with Crippen LogP contribution in [0.1, 0.15) is 24.3 Å². The van der Waals surface area contributed by atoms with Crippen LogP contribution in [-0.4, -0.2) is 33.3 Å². The summed E-state index contributed by atoms with van der Waals surface area (Å²) in [6.07, 6.45) is 5.67. The third kappa shape index (κ3) is 3.98. The van der Waals surface area contributed by atoms with Crippen LogP contribution < -0.4 is 0 Å². The van der Waals surface area contributed by atoms with E-state index in [1.807, 2.05) is 18.2 Å². The summed E-state index contributed by atoms with van der Waals surface area (Å²) in [4.78, 5) is 13.3. The molecule has 22 heavy (non-hydrogen) atoms. The van der Waals surface area contributed by atoms with E-state index < -0.39 is 0 Å². The third-order valence-electron chi connectivity index (χ3n) is 3.36. The largest absolute Gasteiger partial charge is 0.414 e. The lowest BCUT2D eigenvalue weighted by Crippen LogP contribution is -2.23. The summed E-state index contributed by atoms with van der Waals surface area (Å²) in [6, 6.07) is 10.1. The summed E-state index contributed by atoms with van der Waals surface area (Å²) in [6.45, 7) is 1.20. The molecule has 1 saturated heterocycles. The molecule has 0 atom stereocenters. The molecular weight excluding hydrogens is 298 g/mol. The van der Waals surface area contributed by atoms with Crippen LogP contribution in [0.15, 0.2) is 46.0 Å². The first-order valence-corrected chi connectivity index (χ1v) is 8.24. The van der Waals surface area contributed by atoms with Crippen molar-refractivity contribution in [2.45, 2.75) is 24.6 Å². The molecule has 114 valence electrons. The van der Waals surface area contributed by atoms with E-state index >= 15 is 0 Å². The van der Waals surface area contributed by atoms with Gasteiger partial charge in [-0.25, -0.2) is 0 Å². The number of amides is 1. The molecule has 0 aliphatic carbocycles. The summed E-state index contributed by atoms with van der Waals surface area (Å²) >= 11 is 1.49. The van der Waals surface area contributed by atoms with Crippen molar-refractivity contribution in [1.29, 1.82) is 0 Å². The first-order chi connectivity index (χ1) is 10.8. The number of aromatic nitrogens is 2. The summed E-state index contributed by atoms with van der Waals surface area (Å²) in [5.74, 6) is 1.43. The van der Waals surface area contributed by atoms with Gasteiger partial charge in [-0.1, -0.05) is 54.2 Å². The van der Waals surface area contributed by atoms with Crippen molar-refractivity contribution in [3.05, 3.63) is 47.9 Å². The van der Waals surface area contributed by atoms with Gasteiger partial charge in [-0.3, -0.25) is 4.79 Å². The van der Waals surface area contributed by atoms with Gasteiger partial charge in [0.05, 0.1) is 6.54 Å². The molecule has 0 spiro atoms. The Kier molecular flexibility index (Phi) is 4.90. The standard InChI is InChI=1S/C16H17N3O2S/c20-15-9-4-10-19(15)12-14-17-18-16(21-14)22-11-5-8-13-6-2-1-3-7-13/h1-3,5-8H,4,9-12H2/b8-5+. The molecule has 1 aromatic carbocycles. The molecule has 6 heteroatoms. The number of hydrogen-bond donors (Lipinski definition) is 0. The summed E-state index contributed by atoms with van der Waals surface area (Å²) in [5, 5.41) is 8.54. The Bertz CT molecular complexity index is 654. The van der Waals surface area contributed by atoms with Crippen molar-refractivity contribution in [1.82, 2.24) is 15.1 Å². The fourth-order valence-corrected chi connectivity index (χ4v) is 2.85. The highest BCUT2D eigenvalue weighted by atomic mass is 32.2. The highest BCUT2D eigenvalue weighted by Crippen LogP contribution is 2.19. The fourth-order valence-electron chi connectivity index (χ4n) is 2.26. The topological polar surface area (TPSA) is 59.2 Å². The van der Waals surface area contributed by atoms with E-state index in [1.165, 1.54) is 17.3 Å². The van der Waals surface area contributed by atoms with Gasteiger partial charge in [-0.05, 0) is 12.0 Å². The Morgan fingerprint density at radius 2 is 2.14 bits per heavy atom. The molecule has 0 saturated carbocycles. The Morgan fingerprint density at radius 1 is 1.27 bits per heavy atom. The molecule has 1 aliphatic rings. The maximum atomic E-state index is 11.6. The minimum atomic E-state index is 0.165. The molecule has 5 nitrogen and oxygen atoms in total. The Labute approximate surface area is 133 Å². The van der Waals surface area contributed by atoms with Crippen molar-refractivity contribution in [3.8, 4) is 0 Å². The second-order valence-corrected chi connectivity index (χ2v) is 5.98. The van der Waals surface area contributed by atoms with E-state index in [2.05, 4.69) is 34.5 Å². The van der Waals surface area contributed by atoms with E-state index in [0.29, 0.717) is 24.1 Å². The molecule has 3 rings (SSSR count). The summed E-state index contributed by atoms with van der Waals surface area (Å²) < 4.78 is 5.56. The van der Waals surface area contributed by atoms with Crippen LogP contribution in [0.3, 0.4) is 0 Å². The highest BCUT2D eigenvalue weighted by molar-refractivity contribution is 7.99. The number of carbonyl (C=O) groups excluding carboxylic acids is 1. The maximum Gasteiger partial charge on any atom is 0.276 e. The van der Waals surface area contributed by atoms with Crippen molar-refractivity contribution < 1.29 is 9.21 Å². The normalized spacial score (nSPS) is 15.1. The minimum absolute atomic E-state index is 0.165. The van der Waals surface area contributed by atoms with E-state index in [-0.39, 0.29) is 5.91 Å². The Hall–Kier alpha value is -2.08. The predicted molar refractivity (Wildman–Crippen MR) is 85.1 cm³/mol. The zero-order valence-electron chi connectivity index (χ0n) is 12.1. The number of carbonyl (C=O) groups is 1. The third-order valence-corrected chi connectivity index (χ3v) is 4.13. The first kappa shape index (κ1) is 14.8. The SMILES string of the molecule is O=C1CCCN1Cc1nnc(SC/C=C/c2ccccc2)o1. The lowest BCUT2D eigenvalue weighted by Gasteiger charge is -2.11. The molecule has 0 unspecified atom stereocenters. The molecule has 1 aromatic heterocycles. The molecule has 0 radical (unpaired) electrons. The predicted octanol–water partition coefficient (Wildman–Crippen LogP) is 3.00. The summed E-state index contributed by atoms with van der Waals surface area (Å²) in [5.41, 5.74) is 1.17. The Morgan fingerprint density at radius 3 is 2.91 bits per heavy atom. The molecule has 2 aromatic rings. The lowest BCUT2D eigenvalue weighted by atomic mass is 10.2. The average molecular weight is 315 g/mol. The second kappa shape index (κ2) is 7.26. The van der Waals surface area contributed by atoms with Crippen molar-refractivity contribution >= 4 is 23.7 Å².